The molecule has 7 nitrogen and oxygen atoms in total. The monoisotopic (exact) mass is 285 g/mol. The number of aromatic amines is 1. The molecule has 2 N–H and O–H groups in total. The van der Waals surface area contributed by atoms with Crippen molar-refractivity contribution in [3.05, 3.63) is 22.4 Å². The second kappa shape index (κ2) is 6.03. The molecule has 2 aromatic rings. The Morgan fingerprint density at radius 1 is 1.63 bits per heavy atom. The van der Waals surface area contributed by atoms with Crippen molar-refractivity contribution in [3.63, 3.8) is 0 Å². The number of alkyl halides is 1. The van der Waals surface area contributed by atoms with Crippen LogP contribution in [0, 0.1) is 6.92 Å². The van der Waals surface area contributed by atoms with Crippen molar-refractivity contribution in [1.82, 2.24) is 19.6 Å². The van der Waals surface area contributed by atoms with Crippen molar-refractivity contribution < 1.29 is 4.74 Å². The van der Waals surface area contributed by atoms with Crippen LogP contribution in [0.5, 0.6) is 0 Å². The number of hydrogen-bond acceptors (Lipinski definition) is 5. The number of aryl methyl sites for hydroxylation is 1. The summed E-state index contributed by atoms with van der Waals surface area (Å²) in [7, 11) is 1.64. The Morgan fingerprint density at radius 2 is 2.42 bits per heavy atom. The van der Waals surface area contributed by atoms with Gasteiger partial charge in [0.15, 0.2) is 5.65 Å². The molecule has 104 valence electrons. The predicted molar refractivity (Wildman–Crippen MR) is 73.0 cm³/mol. The quantitative estimate of drug-likeness (QED) is 0.766. The van der Waals surface area contributed by atoms with Crippen molar-refractivity contribution in [2.75, 3.05) is 24.9 Å². The first-order valence-electron chi connectivity index (χ1n) is 5.92. The minimum Gasteiger partial charge on any atom is -0.383 e. The molecule has 0 amide bonds. The van der Waals surface area contributed by atoms with E-state index in [0.717, 1.165) is 6.42 Å². The van der Waals surface area contributed by atoms with Gasteiger partial charge in [0.2, 0.25) is 0 Å². The van der Waals surface area contributed by atoms with Gasteiger partial charge in [0.1, 0.15) is 11.6 Å². The van der Waals surface area contributed by atoms with E-state index in [0.29, 0.717) is 29.8 Å². The number of nitrogens with zero attached hydrogens (tertiary/aromatic N) is 3. The van der Waals surface area contributed by atoms with Gasteiger partial charge in [-0.15, -0.1) is 11.6 Å². The van der Waals surface area contributed by atoms with Crippen LogP contribution in [0.4, 0.5) is 5.82 Å². The van der Waals surface area contributed by atoms with E-state index in [1.165, 1.54) is 4.40 Å². The molecule has 0 saturated heterocycles. The maximum absolute atomic E-state index is 11.5. The van der Waals surface area contributed by atoms with Gasteiger partial charge in [-0.1, -0.05) is 0 Å². The highest BCUT2D eigenvalue weighted by molar-refractivity contribution is 6.17. The SMILES string of the molecule is COCC(CCCl)Nc1cc2n[nH]c(=O)n2c(C)n1. The van der Waals surface area contributed by atoms with E-state index in [4.69, 9.17) is 16.3 Å². The predicted octanol–water partition coefficient (Wildman–Crippen LogP) is 0.782. The molecule has 0 aliphatic heterocycles. The Labute approximate surface area is 114 Å². The summed E-state index contributed by atoms with van der Waals surface area (Å²) in [6, 6.07) is 1.78. The molecule has 19 heavy (non-hydrogen) atoms. The summed E-state index contributed by atoms with van der Waals surface area (Å²) in [5.74, 6) is 1.75. The number of anilines is 1. The van der Waals surface area contributed by atoms with E-state index in [-0.39, 0.29) is 11.7 Å². The fourth-order valence-electron chi connectivity index (χ4n) is 1.91. The maximum atomic E-state index is 11.5. The third kappa shape index (κ3) is 3.05. The zero-order valence-corrected chi connectivity index (χ0v) is 11.6. The molecule has 8 heteroatoms. The molecule has 0 aromatic carbocycles. The van der Waals surface area contributed by atoms with Crippen LogP contribution in [0.2, 0.25) is 0 Å². The molecule has 0 saturated carbocycles. The van der Waals surface area contributed by atoms with Crippen LogP contribution in [0.3, 0.4) is 0 Å². The number of halogens is 1. The first-order valence-corrected chi connectivity index (χ1v) is 6.45. The summed E-state index contributed by atoms with van der Waals surface area (Å²) in [4.78, 5) is 15.8. The summed E-state index contributed by atoms with van der Waals surface area (Å²) >= 11 is 5.75. The van der Waals surface area contributed by atoms with Crippen molar-refractivity contribution in [3.8, 4) is 0 Å². The highest BCUT2D eigenvalue weighted by Crippen LogP contribution is 2.11. The van der Waals surface area contributed by atoms with Gasteiger partial charge in [-0.3, -0.25) is 0 Å². The van der Waals surface area contributed by atoms with Crippen molar-refractivity contribution in [2.45, 2.75) is 19.4 Å². The Morgan fingerprint density at radius 3 is 3.11 bits per heavy atom. The van der Waals surface area contributed by atoms with E-state index in [2.05, 4.69) is 20.5 Å². The Balaban J connectivity index is 2.27. The number of ether oxygens (including phenoxy) is 1. The topological polar surface area (TPSA) is 84.3 Å². The molecule has 0 spiro atoms. The third-order valence-corrected chi connectivity index (χ3v) is 2.97. The van der Waals surface area contributed by atoms with E-state index in [1.54, 1.807) is 20.1 Å². The molecule has 2 rings (SSSR count). The lowest BCUT2D eigenvalue weighted by Gasteiger charge is -2.17. The lowest BCUT2D eigenvalue weighted by molar-refractivity contribution is 0.184. The van der Waals surface area contributed by atoms with Crippen LogP contribution in [0.1, 0.15) is 12.2 Å². The van der Waals surface area contributed by atoms with Crippen LogP contribution in [0.15, 0.2) is 10.9 Å². The fourth-order valence-corrected chi connectivity index (χ4v) is 2.17. The highest BCUT2D eigenvalue weighted by atomic mass is 35.5. The average molecular weight is 286 g/mol. The number of rotatable bonds is 6. The Bertz CT molecular complexity index is 603. The molecule has 2 aromatic heterocycles. The molecule has 1 atom stereocenters. The smallest absolute Gasteiger partial charge is 0.349 e. The number of methoxy groups -OCH3 is 1. The number of aromatic nitrogens is 4. The molecule has 0 fully saturated rings. The molecular formula is C11H16ClN5O2. The van der Waals surface area contributed by atoms with Crippen LogP contribution in [0.25, 0.3) is 5.65 Å². The maximum Gasteiger partial charge on any atom is 0.349 e. The molecular weight excluding hydrogens is 270 g/mol. The number of hydrogen-bond donors (Lipinski definition) is 2. The Kier molecular flexibility index (Phi) is 4.39. The number of nitrogens with one attached hydrogen (secondary N) is 2. The normalized spacial score (nSPS) is 12.8. The largest absolute Gasteiger partial charge is 0.383 e. The molecule has 1 unspecified atom stereocenters. The number of H-pyrrole nitrogens is 1. The summed E-state index contributed by atoms with van der Waals surface area (Å²) in [5, 5.41) is 9.55. The van der Waals surface area contributed by atoms with E-state index in [1.807, 2.05) is 0 Å². The minimum absolute atomic E-state index is 0.0718. The lowest BCUT2D eigenvalue weighted by atomic mass is 10.2. The molecule has 0 aliphatic carbocycles. The van der Waals surface area contributed by atoms with Gasteiger partial charge in [0.05, 0.1) is 12.6 Å². The van der Waals surface area contributed by atoms with E-state index in [9.17, 15) is 4.79 Å². The van der Waals surface area contributed by atoms with Crippen LogP contribution >= 0.6 is 11.6 Å². The van der Waals surface area contributed by atoms with Gasteiger partial charge in [0, 0.05) is 19.1 Å². The molecule has 0 aliphatic rings. The first kappa shape index (κ1) is 13.8. The minimum atomic E-state index is -0.291. The van der Waals surface area contributed by atoms with Crippen molar-refractivity contribution >= 4 is 23.1 Å². The Hall–Kier alpha value is -1.60. The van der Waals surface area contributed by atoms with Crippen molar-refractivity contribution in [1.29, 1.82) is 0 Å². The van der Waals surface area contributed by atoms with Gasteiger partial charge >= 0.3 is 5.69 Å². The third-order valence-electron chi connectivity index (χ3n) is 2.75. The van der Waals surface area contributed by atoms with Gasteiger partial charge in [-0.25, -0.2) is 19.3 Å². The standard InChI is InChI=1S/C11H16ClN5O2/c1-7-13-9(14-8(3-4-12)6-19-2)5-10-15-16-11(18)17(7)10/h5,8,14H,3-4,6H2,1-2H3,(H,16,18). The van der Waals surface area contributed by atoms with Gasteiger partial charge in [0.25, 0.3) is 0 Å². The number of fused-ring (bicyclic) bond motifs is 1. The summed E-state index contributed by atoms with van der Waals surface area (Å²) in [6.45, 7) is 2.29. The van der Waals surface area contributed by atoms with Crippen LogP contribution in [-0.4, -0.2) is 45.2 Å². The second-order valence-corrected chi connectivity index (χ2v) is 4.56. The van der Waals surface area contributed by atoms with Gasteiger partial charge < -0.3 is 10.1 Å². The van der Waals surface area contributed by atoms with E-state index < -0.39 is 0 Å². The molecule has 0 bridgehead atoms. The summed E-state index contributed by atoms with van der Waals surface area (Å²) in [6.07, 6.45) is 0.759. The van der Waals surface area contributed by atoms with Gasteiger partial charge in [-0.2, -0.15) is 5.10 Å². The average Bonchev–Trinajstić information content (AvgIpc) is 2.72. The first-order chi connectivity index (χ1) is 9.15. The van der Waals surface area contributed by atoms with Crippen molar-refractivity contribution in [2.24, 2.45) is 0 Å². The zero-order chi connectivity index (χ0) is 13.8. The second-order valence-electron chi connectivity index (χ2n) is 4.19. The van der Waals surface area contributed by atoms with Gasteiger partial charge in [-0.05, 0) is 13.3 Å². The molecule has 0 radical (unpaired) electrons. The highest BCUT2D eigenvalue weighted by Gasteiger charge is 2.11. The summed E-state index contributed by atoms with van der Waals surface area (Å²) < 4.78 is 6.54. The lowest BCUT2D eigenvalue weighted by Crippen LogP contribution is -2.26. The fraction of sp³-hybridized carbons (Fsp3) is 0.545. The zero-order valence-electron chi connectivity index (χ0n) is 10.8. The van der Waals surface area contributed by atoms with Crippen LogP contribution < -0.4 is 11.0 Å². The summed E-state index contributed by atoms with van der Waals surface area (Å²) in [5.41, 5.74) is 0.239. The molecule has 2 heterocycles. The van der Waals surface area contributed by atoms with Crippen LogP contribution in [-0.2, 0) is 4.74 Å². The van der Waals surface area contributed by atoms with E-state index >= 15 is 0 Å².